The molecule has 1 saturated heterocycles. The van der Waals surface area contributed by atoms with Gasteiger partial charge in [0.05, 0.1) is 17.9 Å². The highest BCUT2D eigenvalue weighted by atomic mass is 32.2. The first-order valence-electron chi connectivity index (χ1n) is 8.90. The molecule has 0 saturated carbocycles. The second-order valence-corrected chi connectivity index (χ2v) is 8.99. The second-order valence-electron chi connectivity index (χ2n) is 6.76. The van der Waals surface area contributed by atoms with Gasteiger partial charge in [-0.05, 0) is 29.7 Å². The fourth-order valence-electron chi connectivity index (χ4n) is 3.29. The molecule has 0 spiro atoms. The van der Waals surface area contributed by atoms with Crippen molar-refractivity contribution in [1.29, 1.82) is 0 Å². The van der Waals surface area contributed by atoms with Gasteiger partial charge in [-0.25, -0.2) is 8.42 Å². The van der Waals surface area contributed by atoms with Gasteiger partial charge in [-0.1, -0.05) is 42.5 Å². The number of sulfone groups is 1. The van der Waals surface area contributed by atoms with Gasteiger partial charge in [0, 0.05) is 12.6 Å². The molecule has 1 fully saturated rings. The summed E-state index contributed by atoms with van der Waals surface area (Å²) in [4.78, 5) is 14.6. The lowest BCUT2D eigenvalue weighted by molar-refractivity contribution is -0.133. The first-order chi connectivity index (χ1) is 13.3. The molecule has 8 heteroatoms. The van der Waals surface area contributed by atoms with Crippen LogP contribution in [-0.2, 0) is 27.6 Å². The third-order valence-electron chi connectivity index (χ3n) is 4.67. The summed E-state index contributed by atoms with van der Waals surface area (Å²) in [5.74, 6) is -0.134. The maximum absolute atomic E-state index is 13.0. The molecule has 5 nitrogen and oxygen atoms in total. The Morgan fingerprint density at radius 1 is 1.07 bits per heavy atom. The Balaban J connectivity index is 1.74. The Morgan fingerprint density at radius 3 is 2.32 bits per heavy atom. The van der Waals surface area contributed by atoms with Crippen molar-refractivity contribution in [2.45, 2.75) is 32.0 Å². The van der Waals surface area contributed by atoms with E-state index in [9.17, 15) is 22.0 Å². The number of nitrogens with zero attached hydrogens (tertiary/aromatic N) is 1. The maximum atomic E-state index is 13.0. The maximum Gasteiger partial charge on any atom is 0.387 e. The molecule has 0 radical (unpaired) electrons. The van der Waals surface area contributed by atoms with E-state index in [2.05, 4.69) is 4.74 Å². The molecule has 150 valence electrons. The molecule has 28 heavy (non-hydrogen) atoms. The minimum atomic E-state index is -3.14. The molecule has 0 aliphatic carbocycles. The molecular formula is C20H21F2NO4S. The van der Waals surface area contributed by atoms with E-state index in [1.54, 1.807) is 17.0 Å². The van der Waals surface area contributed by atoms with Crippen LogP contribution >= 0.6 is 0 Å². The van der Waals surface area contributed by atoms with Crippen molar-refractivity contribution in [1.82, 2.24) is 4.90 Å². The molecule has 1 aliphatic rings. The number of halogens is 2. The number of ether oxygens (including phenoxy) is 1. The van der Waals surface area contributed by atoms with Crippen LogP contribution < -0.4 is 4.74 Å². The fourth-order valence-corrected chi connectivity index (χ4v) is 5.02. The molecular weight excluding hydrogens is 388 g/mol. The highest BCUT2D eigenvalue weighted by Gasteiger charge is 2.34. The van der Waals surface area contributed by atoms with Crippen LogP contribution in [0.15, 0.2) is 54.6 Å². The summed E-state index contributed by atoms with van der Waals surface area (Å²) in [5, 5.41) is 0. The van der Waals surface area contributed by atoms with Crippen LogP contribution in [0.25, 0.3) is 0 Å². The Morgan fingerprint density at radius 2 is 1.75 bits per heavy atom. The molecule has 2 aromatic carbocycles. The van der Waals surface area contributed by atoms with Crippen LogP contribution in [0.3, 0.4) is 0 Å². The topological polar surface area (TPSA) is 63.7 Å². The lowest BCUT2D eigenvalue weighted by Crippen LogP contribution is -2.41. The van der Waals surface area contributed by atoms with Gasteiger partial charge in [0.2, 0.25) is 5.91 Å². The van der Waals surface area contributed by atoms with Gasteiger partial charge in [0.1, 0.15) is 5.75 Å². The van der Waals surface area contributed by atoms with Crippen LogP contribution in [0.4, 0.5) is 8.78 Å². The van der Waals surface area contributed by atoms with Crippen LogP contribution in [0.2, 0.25) is 0 Å². The van der Waals surface area contributed by atoms with Gasteiger partial charge < -0.3 is 9.64 Å². The number of hydrogen-bond donors (Lipinski definition) is 0. The number of benzene rings is 2. The van der Waals surface area contributed by atoms with E-state index in [4.69, 9.17) is 0 Å². The van der Waals surface area contributed by atoms with Gasteiger partial charge in [0.15, 0.2) is 9.84 Å². The van der Waals surface area contributed by atoms with E-state index in [1.165, 1.54) is 12.1 Å². The summed E-state index contributed by atoms with van der Waals surface area (Å²) < 4.78 is 52.6. The molecule has 0 aromatic heterocycles. The fraction of sp³-hybridized carbons (Fsp3) is 0.350. The first kappa shape index (κ1) is 20.3. The minimum absolute atomic E-state index is 0.0224. The standard InChI is InChI=1S/C20H21F2NO4S/c21-20(22)27-18-8-6-15(7-9-18)12-19(24)23(13-16-4-2-1-3-5-16)17-10-11-28(25,26)14-17/h1-9,17,20H,10-14H2/t17-/m1/s1. The quantitative estimate of drug-likeness (QED) is 0.705. The van der Waals surface area contributed by atoms with Crippen molar-refractivity contribution in [3.63, 3.8) is 0 Å². The van der Waals surface area contributed by atoms with Crippen LogP contribution in [-0.4, -0.2) is 43.4 Å². The van der Waals surface area contributed by atoms with Gasteiger partial charge in [-0.15, -0.1) is 0 Å². The summed E-state index contributed by atoms with van der Waals surface area (Å²) in [6.45, 7) is -2.58. The number of amides is 1. The summed E-state index contributed by atoms with van der Waals surface area (Å²) >= 11 is 0. The predicted octanol–water partition coefficient (Wildman–Crippen LogP) is 3.05. The molecule has 0 N–H and O–H groups in total. The number of carbonyl (C=O) groups is 1. The van der Waals surface area contributed by atoms with Crippen molar-refractivity contribution >= 4 is 15.7 Å². The van der Waals surface area contributed by atoms with Crippen LogP contribution in [0.5, 0.6) is 5.75 Å². The van der Waals surface area contributed by atoms with Gasteiger partial charge >= 0.3 is 6.61 Å². The average Bonchev–Trinajstić information content (AvgIpc) is 3.01. The van der Waals surface area contributed by atoms with E-state index < -0.39 is 16.4 Å². The zero-order chi connectivity index (χ0) is 20.1. The van der Waals surface area contributed by atoms with Gasteiger partial charge in [0.25, 0.3) is 0 Å². The SMILES string of the molecule is O=C(Cc1ccc(OC(F)F)cc1)N(Cc1ccccc1)[C@@H]1CCS(=O)(=O)C1. The molecule has 1 heterocycles. The number of alkyl halides is 2. The normalized spacial score (nSPS) is 18.2. The first-order valence-corrected chi connectivity index (χ1v) is 10.7. The van der Waals surface area contributed by atoms with Crippen molar-refractivity contribution in [3.05, 3.63) is 65.7 Å². The van der Waals surface area contributed by atoms with Gasteiger partial charge in [-0.3, -0.25) is 4.79 Å². The third kappa shape index (κ3) is 5.51. The van der Waals surface area contributed by atoms with Crippen LogP contribution in [0.1, 0.15) is 17.5 Å². The molecule has 2 aromatic rings. The zero-order valence-electron chi connectivity index (χ0n) is 15.1. The lowest BCUT2D eigenvalue weighted by atomic mass is 10.1. The zero-order valence-corrected chi connectivity index (χ0v) is 15.9. The smallest absolute Gasteiger partial charge is 0.387 e. The molecule has 1 aliphatic heterocycles. The van der Waals surface area contributed by atoms with Crippen molar-refractivity contribution < 1.29 is 26.7 Å². The Labute approximate surface area is 162 Å². The largest absolute Gasteiger partial charge is 0.435 e. The summed E-state index contributed by atoms with van der Waals surface area (Å²) in [7, 11) is -3.14. The highest BCUT2D eigenvalue weighted by molar-refractivity contribution is 7.91. The van der Waals surface area contributed by atoms with Gasteiger partial charge in [-0.2, -0.15) is 8.78 Å². The predicted molar refractivity (Wildman–Crippen MR) is 101 cm³/mol. The highest BCUT2D eigenvalue weighted by Crippen LogP contribution is 2.22. The van der Waals surface area contributed by atoms with Crippen molar-refractivity contribution in [2.75, 3.05) is 11.5 Å². The average molecular weight is 409 g/mol. The Hall–Kier alpha value is -2.48. The number of carbonyl (C=O) groups excluding carboxylic acids is 1. The lowest BCUT2D eigenvalue weighted by Gasteiger charge is -2.28. The third-order valence-corrected chi connectivity index (χ3v) is 6.42. The second kappa shape index (κ2) is 8.68. The summed E-state index contributed by atoms with van der Waals surface area (Å²) in [5.41, 5.74) is 1.56. The van der Waals surface area contributed by atoms with E-state index in [-0.39, 0.29) is 35.6 Å². The van der Waals surface area contributed by atoms with Crippen LogP contribution in [0, 0.1) is 0 Å². The monoisotopic (exact) mass is 409 g/mol. The minimum Gasteiger partial charge on any atom is -0.435 e. The molecule has 0 bridgehead atoms. The van der Waals surface area contributed by atoms with E-state index in [0.29, 0.717) is 18.5 Å². The summed E-state index contributed by atoms with van der Waals surface area (Å²) in [6, 6.07) is 14.9. The summed E-state index contributed by atoms with van der Waals surface area (Å²) in [6.07, 6.45) is 0.473. The molecule has 1 amide bonds. The Kier molecular flexibility index (Phi) is 6.28. The number of rotatable bonds is 7. The van der Waals surface area contributed by atoms with E-state index in [0.717, 1.165) is 5.56 Å². The van der Waals surface area contributed by atoms with Crippen molar-refractivity contribution in [2.24, 2.45) is 0 Å². The van der Waals surface area contributed by atoms with E-state index in [1.807, 2.05) is 30.3 Å². The molecule has 1 atom stereocenters. The van der Waals surface area contributed by atoms with E-state index >= 15 is 0 Å². The van der Waals surface area contributed by atoms with Crippen molar-refractivity contribution in [3.8, 4) is 5.75 Å². The Bertz CT molecular complexity index is 902. The molecule has 0 unspecified atom stereocenters. The number of hydrogen-bond acceptors (Lipinski definition) is 4. The molecule has 3 rings (SSSR count).